The molecule has 122 valence electrons. The third-order valence-corrected chi connectivity index (χ3v) is 2.99. The SMILES string of the molecule is O=C(CNc1ccccc1)N/N=C/C=C/c1ccccc1[N+](=O)[O-]. The number of hydrogen-bond donors (Lipinski definition) is 2. The summed E-state index contributed by atoms with van der Waals surface area (Å²) in [4.78, 5) is 22.0. The maximum Gasteiger partial charge on any atom is 0.276 e. The topological polar surface area (TPSA) is 96.6 Å². The summed E-state index contributed by atoms with van der Waals surface area (Å²) in [6.45, 7) is 0.0925. The Morgan fingerprint density at radius 1 is 1.12 bits per heavy atom. The van der Waals surface area contributed by atoms with E-state index >= 15 is 0 Å². The smallest absolute Gasteiger partial charge is 0.276 e. The van der Waals surface area contributed by atoms with Crippen LogP contribution in [0.4, 0.5) is 11.4 Å². The summed E-state index contributed by atoms with van der Waals surface area (Å²) in [7, 11) is 0. The molecule has 2 rings (SSSR count). The van der Waals surface area contributed by atoms with Crippen molar-refractivity contribution in [3.05, 3.63) is 76.4 Å². The van der Waals surface area contributed by atoms with E-state index in [1.54, 1.807) is 24.3 Å². The Labute approximate surface area is 138 Å². The predicted molar refractivity (Wildman–Crippen MR) is 93.7 cm³/mol. The van der Waals surface area contributed by atoms with Crippen molar-refractivity contribution in [3.63, 3.8) is 0 Å². The number of carbonyl (C=O) groups excluding carboxylic acids is 1. The normalized spacial score (nSPS) is 10.8. The molecule has 0 aliphatic carbocycles. The lowest BCUT2D eigenvalue weighted by Crippen LogP contribution is -2.25. The van der Waals surface area contributed by atoms with E-state index in [1.807, 2.05) is 30.3 Å². The molecule has 0 saturated heterocycles. The fourth-order valence-corrected chi connectivity index (χ4v) is 1.87. The number of nitro benzene ring substituents is 1. The van der Waals surface area contributed by atoms with Crippen LogP contribution in [0.5, 0.6) is 0 Å². The fourth-order valence-electron chi connectivity index (χ4n) is 1.87. The average molecular weight is 324 g/mol. The quantitative estimate of drug-likeness (QED) is 0.465. The minimum Gasteiger partial charge on any atom is -0.376 e. The number of rotatable bonds is 7. The van der Waals surface area contributed by atoms with Crippen LogP contribution in [0.1, 0.15) is 5.56 Å². The maximum absolute atomic E-state index is 11.6. The first-order chi connectivity index (χ1) is 11.7. The van der Waals surface area contributed by atoms with Crippen molar-refractivity contribution < 1.29 is 9.72 Å². The lowest BCUT2D eigenvalue weighted by Gasteiger charge is -2.03. The predicted octanol–water partition coefficient (Wildman–Crippen LogP) is 2.82. The lowest BCUT2D eigenvalue weighted by atomic mass is 10.2. The van der Waals surface area contributed by atoms with Gasteiger partial charge in [0.2, 0.25) is 0 Å². The van der Waals surface area contributed by atoms with Gasteiger partial charge in [0.15, 0.2) is 0 Å². The van der Waals surface area contributed by atoms with Gasteiger partial charge >= 0.3 is 0 Å². The number of hydrazone groups is 1. The largest absolute Gasteiger partial charge is 0.376 e. The zero-order chi connectivity index (χ0) is 17.2. The van der Waals surface area contributed by atoms with Crippen LogP contribution in [0.25, 0.3) is 6.08 Å². The minimum atomic E-state index is -0.451. The van der Waals surface area contributed by atoms with Crippen LogP contribution in [0, 0.1) is 10.1 Å². The van der Waals surface area contributed by atoms with Gasteiger partial charge in [-0.15, -0.1) is 0 Å². The van der Waals surface area contributed by atoms with E-state index in [2.05, 4.69) is 15.8 Å². The molecular weight excluding hydrogens is 308 g/mol. The van der Waals surface area contributed by atoms with Gasteiger partial charge in [-0.2, -0.15) is 5.10 Å². The van der Waals surface area contributed by atoms with Crippen molar-refractivity contribution in [2.45, 2.75) is 0 Å². The molecule has 0 aromatic heterocycles. The van der Waals surface area contributed by atoms with Crippen molar-refractivity contribution >= 4 is 29.6 Å². The molecule has 7 heteroatoms. The first-order valence-corrected chi connectivity index (χ1v) is 7.18. The number of amides is 1. The van der Waals surface area contributed by atoms with Crippen LogP contribution in [-0.2, 0) is 4.79 Å². The molecule has 2 aromatic rings. The van der Waals surface area contributed by atoms with Crippen LogP contribution >= 0.6 is 0 Å². The summed E-state index contributed by atoms with van der Waals surface area (Å²) in [5.74, 6) is -0.297. The van der Waals surface area contributed by atoms with Crippen LogP contribution in [-0.4, -0.2) is 23.6 Å². The standard InChI is InChI=1S/C17H16N4O3/c22-17(13-18-15-9-2-1-3-10-15)20-19-12-6-8-14-7-4-5-11-16(14)21(23)24/h1-12,18H,13H2,(H,20,22)/b8-6+,19-12+. The van der Waals surface area contributed by atoms with Gasteiger partial charge in [0.05, 0.1) is 17.0 Å². The number of nitrogens with one attached hydrogen (secondary N) is 2. The summed E-state index contributed by atoms with van der Waals surface area (Å²) in [6.07, 6.45) is 4.43. The van der Waals surface area contributed by atoms with Gasteiger partial charge in [-0.1, -0.05) is 30.3 Å². The van der Waals surface area contributed by atoms with Gasteiger partial charge in [-0.25, -0.2) is 5.43 Å². The number of carbonyl (C=O) groups is 1. The van der Waals surface area contributed by atoms with E-state index in [0.29, 0.717) is 5.56 Å². The van der Waals surface area contributed by atoms with E-state index in [4.69, 9.17) is 0 Å². The zero-order valence-corrected chi connectivity index (χ0v) is 12.8. The van der Waals surface area contributed by atoms with Crippen molar-refractivity contribution in [1.82, 2.24) is 5.43 Å². The zero-order valence-electron chi connectivity index (χ0n) is 12.8. The highest BCUT2D eigenvalue weighted by Gasteiger charge is 2.08. The van der Waals surface area contributed by atoms with Gasteiger partial charge in [0, 0.05) is 18.0 Å². The summed E-state index contributed by atoms with van der Waals surface area (Å²) in [5, 5.41) is 17.6. The van der Waals surface area contributed by atoms with Crippen molar-refractivity contribution in [2.24, 2.45) is 5.10 Å². The average Bonchev–Trinajstić information content (AvgIpc) is 2.61. The first-order valence-electron chi connectivity index (χ1n) is 7.18. The molecule has 0 aliphatic heterocycles. The molecular formula is C17H16N4O3. The molecule has 0 heterocycles. The van der Waals surface area contributed by atoms with Crippen molar-refractivity contribution in [1.29, 1.82) is 0 Å². The number of para-hydroxylation sites is 2. The number of benzene rings is 2. The van der Waals surface area contributed by atoms with Gasteiger partial charge in [0.1, 0.15) is 0 Å². The highest BCUT2D eigenvalue weighted by Crippen LogP contribution is 2.18. The lowest BCUT2D eigenvalue weighted by molar-refractivity contribution is -0.385. The Morgan fingerprint density at radius 3 is 2.58 bits per heavy atom. The van der Waals surface area contributed by atoms with Crippen molar-refractivity contribution in [3.8, 4) is 0 Å². The van der Waals surface area contributed by atoms with Gasteiger partial charge in [-0.05, 0) is 30.4 Å². The van der Waals surface area contributed by atoms with Crippen LogP contribution in [0.3, 0.4) is 0 Å². The molecule has 7 nitrogen and oxygen atoms in total. The molecule has 2 N–H and O–H groups in total. The maximum atomic E-state index is 11.6. The molecule has 0 atom stereocenters. The number of allylic oxidation sites excluding steroid dienone is 1. The second-order valence-corrected chi connectivity index (χ2v) is 4.71. The summed E-state index contributed by atoms with van der Waals surface area (Å²) >= 11 is 0. The number of nitrogens with zero attached hydrogens (tertiary/aromatic N) is 2. The molecule has 2 aromatic carbocycles. The third-order valence-electron chi connectivity index (χ3n) is 2.99. The Balaban J connectivity index is 1.80. The summed E-state index contributed by atoms with van der Waals surface area (Å²) in [5.41, 5.74) is 3.68. The molecule has 0 spiro atoms. The highest BCUT2D eigenvalue weighted by molar-refractivity contribution is 5.84. The van der Waals surface area contributed by atoms with Gasteiger partial charge < -0.3 is 5.32 Å². The first kappa shape index (κ1) is 16.9. The van der Waals surface area contributed by atoms with E-state index in [-0.39, 0.29) is 18.1 Å². The third kappa shape index (κ3) is 5.38. The Bertz CT molecular complexity index is 757. The van der Waals surface area contributed by atoms with E-state index in [9.17, 15) is 14.9 Å². The number of nitro groups is 1. The van der Waals surface area contributed by atoms with Gasteiger partial charge in [-0.3, -0.25) is 14.9 Å². The molecule has 0 unspecified atom stereocenters. The van der Waals surface area contributed by atoms with E-state index in [0.717, 1.165) is 5.69 Å². The molecule has 0 radical (unpaired) electrons. The van der Waals surface area contributed by atoms with Crippen molar-refractivity contribution in [2.75, 3.05) is 11.9 Å². The fraction of sp³-hybridized carbons (Fsp3) is 0.0588. The highest BCUT2D eigenvalue weighted by atomic mass is 16.6. The minimum absolute atomic E-state index is 0.0123. The Morgan fingerprint density at radius 2 is 1.83 bits per heavy atom. The van der Waals surface area contributed by atoms with E-state index < -0.39 is 4.92 Å². The Kier molecular flexibility index (Phi) is 6.22. The summed E-state index contributed by atoms with van der Waals surface area (Å²) < 4.78 is 0. The molecule has 0 bridgehead atoms. The van der Waals surface area contributed by atoms with Crippen LogP contribution in [0.2, 0.25) is 0 Å². The second-order valence-electron chi connectivity index (χ2n) is 4.71. The number of anilines is 1. The van der Waals surface area contributed by atoms with E-state index in [1.165, 1.54) is 18.4 Å². The molecule has 24 heavy (non-hydrogen) atoms. The van der Waals surface area contributed by atoms with Crippen LogP contribution in [0.15, 0.2) is 65.8 Å². The molecule has 0 aliphatic rings. The molecule has 1 amide bonds. The summed E-state index contributed by atoms with van der Waals surface area (Å²) in [6, 6.07) is 15.7. The molecule has 0 saturated carbocycles. The number of hydrogen-bond acceptors (Lipinski definition) is 5. The van der Waals surface area contributed by atoms with Crippen LogP contribution < -0.4 is 10.7 Å². The second kappa shape index (κ2) is 8.84. The van der Waals surface area contributed by atoms with Gasteiger partial charge in [0.25, 0.3) is 11.6 Å². The molecule has 0 fully saturated rings. The Hall–Kier alpha value is -3.48. The monoisotopic (exact) mass is 324 g/mol.